The lowest BCUT2D eigenvalue weighted by Crippen LogP contribution is -2.28. The van der Waals surface area contributed by atoms with Gasteiger partial charge in [-0.05, 0) is 37.4 Å². The monoisotopic (exact) mass is 321 g/mol. The van der Waals surface area contributed by atoms with Crippen molar-refractivity contribution in [1.82, 2.24) is 9.88 Å². The van der Waals surface area contributed by atoms with Crippen LogP contribution in [0.25, 0.3) is 0 Å². The van der Waals surface area contributed by atoms with Crippen molar-refractivity contribution in [3.05, 3.63) is 45.4 Å². The van der Waals surface area contributed by atoms with E-state index in [0.29, 0.717) is 5.13 Å². The van der Waals surface area contributed by atoms with Crippen LogP contribution < -0.4 is 5.73 Å². The summed E-state index contributed by atoms with van der Waals surface area (Å²) in [7, 11) is 0. The molecule has 0 saturated heterocycles. The molecule has 2 heterocycles. The van der Waals surface area contributed by atoms with E-state index in [1.54, 1.807) is 11.3 Å². The van der Waals surface area contributed by atoms with E-state index in [0.717, 1.165) is 50.3 Å². The zero-order valence-electron chi connectivity index (χ0n) is 12.0. The molecule has 1 aromatic heterocycles. The lowest BCUT2D eigenvalue weighted by molar-refractivity contribution is 0.284. The Kier molecular flexibility index (Phi) is 4.78. The first-order valence-corrected chi connectivity index (χ1v) is 8.61. The number of fused-ring (bicyclic) bond motifs is 1. The van der Waals surface area contributed by atoms with E-state index >= 15 is 0 Å². The summed E-state index contributed by atoms with van der Waals surface area (Å²) in [5.41, 5.74) is 8.25. The number of hydrogen-bond acceptors (Lipinski definition) is 4. The Morgan fingerprint density at radius 2 is 2.05 bits per heavy atom. The van der Waals surface area contributed by atoms with Crippen LogP contribution in [0.1, 0.15) is 22.6 Å². The number of aryl methyl sites for hydroxylation is 1. The summed E-state index contributed by atoms with van der Waals surface area (Å²) in [4.78, 5) is 8.34. The van der Waals surface area contributed by atoms with Gasteiger partial charge in [-0.3, -0.25) is 0 Å². The second-order valence-corrected chi connectivity index (χ2v) is 6.98. The van der Waals surface area contributed by atoms with Crippen LogP contribution in [0.2, 0.25) is 5.02 Å². The largest absolute Gasteiger partial charge is 0.375 e. The molecule has 0 saturated carbocycles. The molecule has 0 aliphatic carbocycles. The van der Waals surface area contributed by atoms with Crippen molar-refractivity contribution in [2.45, 2.75) is 25.7 Å². The third-order valence-corrected chi connectivity index (χ3v) is 5.35. The summed E-state index contributed by atoms with van der Waals surface area (Å²) < 4.78 is 0. The Bertz CT molecular complexity index is 586. The van der Waals surface area contributed by atoms with Crippen molar-refractivity contribution in [1.29, 1.82) is 0 Å². The molecule has 5 heteroatoms. The highest BCUT2D eigenvalue weighted by atomic mass is 35.5. The molecule has 1 aliphatic heterocycles. The van der Waals surface area contributed by atoms with Crippen LogP contribution in [-0.2, 0) is 19.3 Å². The van der Waals surface area contributed by atoms with E-state index in [9.17, 15) is 0 Å². The number of benzene rings is 1. The maximum Gasteiger partial charge on any atom is 0.180 e. The van der Waals surface area contributed by atoms with Crippen molar-refractivity contribution < 1.29 is 0 Å². The van der Waals surface area contributed by atoms with Crippen molar-refractivity contribution in [2.75, 3.05) is 25.4 Å². The summed E-state index contributed by atoms with van der Waals surface area (Å²) >= 11 is 7.85. The average Bonchev–Trinajstić information content (AvgIpc) is 2.73. The van der Waals surface area contributed by atoms with E-state index in [1.165, 1.54) is 16.1 Å². The maximum absolute atomic E-state index is 6.20. The summed E-state index contributed by atoms with van der Waals surface area (Å²) in [5, 5.41) is 1.60. The lowest BCUT2D eigenvalue weighted by atomic mass is 10.1. The normalized spacial score (nSPS) is 15.7. The van der Waals surface area contributed by atoms with Gasteiger partial charge in [-0.25, -0.2) is 4.98 Å². The van der Waals surface area contributed by atoms with Gasteiger partial charge in [0.05, 0.1) is 5.69 Å². The molecule has 3 rings (SSSR count). The molecule has 2 aromatic rings. The van der Waals surface area contributed by atoms with Crippen molar-refractivity contribution in [3.63, 3.8) is 0 Å². The maximum atomic E-state index is 6.20. The van der Waals surface area contributed by atoms with Crippen LogP contribution in [-0.4, -0.2) is 29.5 Å². The van der Waals surface area contributed by atoms with Crippen LogP contribution in [0.5, 0.6) is 0 Å². The molecule has 0 radical (unpaired) electrons. The molecule has 1 aliphatic rings. The molecular weight excluding hydrogens is 302 g/mol. The molecule has 1 aromatic carbocycles. The van der Waals surface area contributed by atoms with Crippen molar-refractivity contribution in [3.8, 4) is 0 Å². The molecule has 2 N–H and O–H groups in total. The van der Waals surface area contributed by atoms with Gasteiger partial charge in [-0.1, -0.05) is 29.8 Å². The average molecular weight is 322 g/mol. The molecule has 0 amide bonds. The number of nitrogens with two attached hydrogens (primary N) is 1. The Labute approximate surface area is 134 Å². The van der Waals surface area contributed by atoms with Gasteiger partial charge in [0.1, 0.15) is 0 Å². The zero-order valence-corrected chi connectivity index (χ0v) is 13.6. The Morgan fingerprint density at radius 3 is 2.90 bits per heavy atom. The quantitative estimate of drug-likeness (QED) is 0.938. The second-order valence-electron chi connectivity index (χ2n) is 5.46. The zero-order chi connectivity index (χ0) is 14.7. The highest BCUT2D eigenvalue weighted by Gasteiger charge is 2.17. The third-order valence-electron chi connectivity index (χ3n) is 3.99. The number of thiazole rings is 1. The standard InChI is InChI=1S/C16H20ClN3S/c17-13-6-2-1-4-12(13)5-3-9-20-10-7-14-15(8-11-20)21-16(18)19-14/h1-2,4,6H,3,5,7-11H2,(H2,18,19). The molecule has 112 valence electrons. The molecule has 0 bridgehead atoms. The minimum absolute atomic E-state index is 0.715. The summed E-state index contributed by atoms with van der Waals surface area (Å²) in [6.45, 7) is 3.31. The van der Waals surface area contributed by atoms with Gasteiger partial charge in [-0.2, -0.15) is 0 Å². The fourth-order valence-electron chi connectivity index (χ4n) is 2.85. The van der Waals surface area contributed by atoms with Crippen LogP contribution in [0, 0.1) is 0 Å². The number of anilines is 1. The van der Waals surface area contributed by atoms with Crippen LogP contribution >= 0.6 is 22.9 Å². The minimum Gasteiger partial charge on any atom is -0.375 e. The number of aromatic nitrogens is 1. The smallest absolute Gasteiger partial charge is 0.180 e. The number of halogens is 1. The number of nitrogens with zero attached hydrogens (tertiary/aromatic N) is 2. The molecule has 0 fully saturated rings. The molecule has 21 heavy (non-hydrogen) atoms. The Morgan fingerprint density at radius 1 is 1.24 bits per heavy atom. The van der Waals surface area contributed by atoms with Gasteiger partial charge in [0.2, 0.25) is 0 Å². The molecule has 0 atom stereocenters. The van der Waals surface area contributed by atoms with E-state index in [4.69, 9.17) is 17.3 Å². The van der Waals surface area contributed by atoms with E-state index in [1.807, 2.05) is 12.1 Å². The molecule has 3 nitrogen and oxygen atoms in total. The number of hydrogen-bond donors (Lipinski definition) is 1. The summed E-state index contributed by atoms with van der Waals surface area (Å²) in [5.74, 6) is 0. The molecule has 0 spiro atoms. The molecule has 0 unspecified atom stereocenters. The highest BCUT2D eigenvalue weighted by Crippen LogP contribution is 2.24. The predicted octanol–water partition coefficient (Wildman–Crippen LogP) is 3.41. The minimum atomic E-state index is 0.715. The summed E-state index contributed by atoms with van der Waals surface area (Å²) in [6.07, 6.45) is 4.29. The van der Waals surface area contributed by atoms with Gasteiger partial charge < -0.3 is 10.6 Å². The topological polar surface area (TPSA) is 42.1 Å². The van der Waals surface area contributed by atoms with E-state index < -0.39 is 0 Å². The van der Waals surface area contributed by atoms with Crippen LogP contribution in [0.15, 0.2) is 24.3 Å². The fourth-order valence-corrected chi connectivity index (χ4v) is 3.94. The van der Waals surface area contributed by atoms with Gasteiger partial charge >= 0.3 is 0 Å². The van der Waals surface area contributed by atoms with Crippen LogP contribution in [0.4, 0.5) is 5.13 Å². The van der Waals surface area contributed by atoms with Gasteiger partial charge in [-0.15, -0.1) is 11.3 Å². The SMILES string of the molecule is Nc1nc2c(s1)CCN(CCCc1ccccc1Cl)CC2. The lowest BCUT2D eigenvalue weighted by Gasteiger charge is -2.19. The fraction of sp³-hybridized carbons (Fsp3) is 0.438. The summed E-state index contributed by atoms with van der Waals surface area (Å²) in [6, 6.07) is 8.13. The van der Waals surface area contributed by atoms with Crippen LogP contribution in [0.3, 0.4) is 0 Å². The second kappa shape index (κ2) is 6.77. The van der Waals surface area contributed by atoms with E-state index in [-0.39, 0.29) is 0 Å². The first-order valence-electron chi connectivity index (χ1n) is 7.42. The highest BCUT2D eigenvalue weighted by molar-refractivity contribution is 7.15. The van der Waals surface area contributed by atoms with Gasteiger partial charge in [0, 0.05) is 29.4 Å². The number of rotatable bonds is 4. The predicted molar refractivity (Wildman–Crippen MR) is 90.1 cm³/mol. The Balaban J connectivity index is 1.49. The van der Waals surface area contributed by atoms with E-state index in [2.05, 4.69) is 22.0 Å². The van der Waals surface area contributed by atoms with Gasteiger partial charge in [0.15, 0.2) is 5.13 Å². The van der Waals surface area contributed by atoms with Crippen molar-refractivity contribution >= 4 is 28.1 Å². The molecular formula is C16H20ClN3S. The van der Waals surface area contributed by atoms with Gasteiger partial charge in [0.25, 0.3) is 0 Å². The first-order chi connectivity index (χ1) is 10.2. The number of nitrogen functional groups attached to an aromatic ring is 1. The third kappa shape index (κ3) is 3.76. The Hall–Kier alpha value is -1.10. The van der Waals surface area contributed by atoms with Crippen molar-refractivity contribution in [2.24, 2.45) is 0 Å². The first kappa shape index (κ1) is 14.8.